The number of hydrogen-bond acceptors (Lipinski definition) is 2. The van der Waals surface area contributed by atoms with Crippen molar-refractivity contribution in [2.75, 3.05) is 6.54 Å². The van der Waals surface area contributed by atoms with Gasteiger partial charge in [-0.2, -0.15) is 26.3 Å². The second-order valence-electron chi connectivity index (χ2n) is 6.96. The summed E-state index contributed by atoms with van der Waals surface area (Å²) in [6.45, 7) is 0.0976. The highest BCUT2D eigenvalue weighted by molar-refractivity contribution is 6.31. The van der Waals surface area contributed by atoms with Crippen molar-refractivity contribution in [1.29, 1.82) is 0 Å². The van der Waals surface area contributed by atoms with Crippen LogP contribution < -0.4 is 0 Å². The maximum Gasteiger partial charge on any atom is 0.416 e. The van der Waals surface area contributed by atoms with Crippen LogP contribution in [0.1, 0.15) is 41.1 Å². The van der Waals surface area contributed by atoms with Crippen molar-refractivity contribution in [3.8, 4) is 0 Å². The third-order valence-electron chi connectivity index (χ3n) is 5.09. The lowest BCUT2D eigenvalue weighted by Gasteiger charge is -2.34. The van der Waals surface area contributed by atoms with Crippen LogP contribution in [-0.2, 0) is 17.1 Å². The maximum atomic E-state index is 13.7. The smallest absolute Gasteiger partial charge is 0.416 e. The first-order valence-corrected chi connectivity index (χ1v) is 9.30. The van der Waals surface area contributed by atoms with Crippen molar-refractivity contribution in [3.63, 3.8) is 0 Å². The molecule has 1 fully saturated rings. The normalized spacial score (nSPS) is 19.1. The Morgan fingerprint density at radius 2 is 1.70 bits per heavy atom. The SMILES string of the molecule is O=C(O)C1CCCN1C(c1cc(C(F)(F)F)ccc1Cl)c1ccccc1C(F)(F)F. The Balaban J connectivity index is 2.27. The van der Waals surface area contributed by atoms with E-state index in [9.17, 15) is 36.2 Å². The summed E-state index contributed by atoms with van der Waals surface area (Å²) in [7, 11) is 0. The third-order valence-corrected chi connectivity index (χ3v) is 5.43. The molecule has 30 heavy (non-hydrogen) atoms. The Morgan fingerprint density at radius 3 is 2.30 bits per heavy atom. The molecule has 2 unspecified atom stereocenters. The van der Waals surface area contributed by atoms with Crippen molar-refractivity contribution in [1.82, 2.24) is 4.90 Å². The van der Waals surface area contributed by atoms with Crippen LogP contribution >= 0.6 is 11.6 Å². The van der Waals surface area contributed by atoms with E-state index in [4.69, 9.17) is 11.6 Å². The molecule has 1 saturated heterocycles. The second-order valence-corrected chi connectivity index (χ2v) is 7.36. The summed E-state index contributed by atoms with van der Waals surface area (Å²) in [4.78, 5) is 13.0. The van der Waals surface area contributed by atoms with E-state index in [1.165, 1.54) is 11.0 Å². The zero-order valence-corrected chi connectivity index (χ0v) is 16.0. The number of benzene rings is 2. The van der Waals surface area contributed by atoms with E-state index in [0.29, 0.717) is 12.5 Å². The highest BCUT2D eigenvalue weighted by Gasteiger charge is 2.43. The van der Waals surface area contributed by atoms with Gasteiger partial charge in [-0.3, -0.25) is 9.69 Å². The molecule has 0 spiro atoms. The lowest BCUT2D eigenvalue weighted by Crippen LogP contribution is -2.40. The number of halogens is 7. The van der Waals surface area contributed by atoms with E-state index in [0.717, 1.165) is 30.3 Å². The summed E-state index contributed by atoms with van der Waals surface area (Å²) in [5.74, 6) is -1.26. The molecule has 0 amide bonds. The maximum absolute atomic E-state index is 13.7. The van der Waals surface area contributed by atoms with Gasteiger partial charge in [0.2, 0.25) is 0 Å². The number of carbonyl (C=O) groups is 1. The topological polar surface area (TPSA) is 40.5 Å². The minimum atomic E-state index is -4.79. The molecule has 1 N–H and O–H groups in total. The molecule has 2 aromatic carbocycles. The zero-order chi connectivity index (χ0) is 22.3. The average Bonchev–Trinajstić information content (AvgIpc) is 3.12. The molecule has 1 aliphatic heterocycles. The number of rotatable bonds is 4. The lowest BCUT2D eigenvalue weighted by molar-refractivity contribution is -0.143. The molecule has 2 atom stereocenters. The van der Waals surface area contributed by atoms with Gasteiger partial charge in [0.15, 0.2) is 0 Å². The molecule has 0 aromatic heterocycles. The molecular weight excluding hydrogens is 436 g/mol. The largest absolute Gasteiger partial charge is 0.480 e. The van der Waals surface area contributed by atoms with Gasteiger partial charge in [-0.15, -0.1) is 0 Å². The van der Waals surface area contributed by atoms with E-state index in [-0.39, 0.29) is 29.1 Å². The van der Waals surface area contributed by atoms with Crippen LogP contribution in [0.25, 0.3) is 0 Å². The molecule has 0 bridgehead atoms. The molecule has 3 rings (SSSR count). The van der Waals surface area contributed by atoms with Gasteiger partial charge in [-0.1, -0.05) is 29.8 Å². The van der Waals surface area contributed by atoms with E-state index >= 15 is 0 Å². The van der Waals surface area contributed by atoms with Gasteiger partial charge >= 0.3 is 18.3 Å². The summed E-state index contributed by atoms with van der Waals surface area (Å²) < 4.78 is 80.9. The second kappa shape index (κ2) is 8.11. The lowest BCUT2D eigenvalue weighted by atomic mass is 9.91. The molecule has 2 aromatic rings. The number of nitrogens with zero attached hydrogens (tertiary/aromatic N) is 1. The van der Waals surface area contributed by atoms with Gasteiger partial charge in [-0.25, -0.2) is 0 Å². The van der Waals surface area contributed by atoms with Crippen molar-refractivity contribution in [2.24, 2.45) is 0 Å². The van der Waals surface area contributed by atoms with Gasteiger partial charge in [0.05, 0.1) is 17.2 Å². The molecule has 0 radical (unpaired) electrons. The summed E-state index contributed by atoms with van der Waals surface area (Å²) in [6.07, 6.45) is -9.00. The molecular formula is C20H16ClF6NO2. The predicted molar refractivity (Wildman–Crippen MR) is 97.1 cm³/mol. The first-order valence-electron chi connectivity index (χ1n) is 8.92. The predicted octanol–water partition coefficient (Wildman–Crippen LogP) is 6.02. The molecule has 162 valence electrons. The summed E-state index contributed by atoms with van der Waals surface area (Å²) in [5.41, 5.74) is -2.71. The number of alkyl halides is 6. The zero-order valence-electron chi connectivity index (χ0n) is 15.3. The Kier molecular flexibility index (Phi) is 6.06. The highest BCUT2D eigenvalue weighted by atomic mass is 35.5. The van der Waals surface area contributed by atoms with E-state index in [1.807, 2.05) is 0 Å². The standard InChI is InChI=1S/C20H16ClF6NO2/c21-15-8-7-11(19(22,23)24)10-13(15)17(28-9-3-6-16(28)18(29)30)12-4-1-2-5-14(12)20(25,26)27/h1-2,4-5,7-8,10,16-17H,3,6,9H2,(H,29,30). The number of aliphatic carboxylic acids is 1. The summed E-state index contributed by atoms with van der Waals surface area (Å²) >= 11 is 6.14. The van der Waals surface area contributed by atoms with Gasteiger partial charge in [0.25, 0.3) is 0 Å². The van der Waals surface area contributed by atoms with Crippen molar-refractivity contribution >= 4 is 17.6 Å². The Bertz CT molecular complexity index is 944. The first-order chi connectivity index (χ1) is 13.9. The van der Waals surface area contributed by atoms with Crippen molar-refractivity contribution < 1.29 is 36.2 Å². The monoisotopic (exact) mass is 451 g/mol. The molecule has 1 aliphatic rings. The first kappa shape index (κ1) is 22.4. The number of likely N-dealkylation sites (tertiary alicyclic amines) is 1. The number of carboxylic acid groups (broad SMARTS) is 1. The summed E-state index contributed by atoms with van der Waals surface area (Å²) in [6, 6.07) is 4.27. The number of hydrogen-bond donors (Lipinski definition) is 1. The van der Waals surface area contributed by atoms with E-state index < -0.39 is 41.5 Å². The van der Waals surface area contributed by atoms with Crippen LogP contribution in [0, 0.1) is 0 Å². The highest BCUT2D eigenvalue weighted by Crippen LogP contribution is 2.44. The van der Waals surface area contributed by atoms with E-state index in [1.54, 1.807) is 0 Å². The van der Waals surface area contributed by atoms with Crippen LogP contribution in [-0.4, -0.2) is 28.6 Å². The fraction of sp³-hybridized carbons (Fsp3) is 0.350. The molecule has 3 nitrogen and oxygen atoms in total. The third kappa shape index (κ3) is 4.41. The Labute approximate surface area is 172 Å². The minimum absolute atomic E-state index is 0.0976. The summed E-state index contributed by atoms with van der Waals surface area (Å²) in [5, 5.41) is 9.35. The quantitative estimate of drug-likeness (QED) is 0.578. The minimum Gasteiger partial charge on any atom is -0.480 e. The Morgan fingerprint density at radius 1 is 1.03 bits per heavy atom. The van der Waals surface area contributed by atoms with Crippen molar-refractivity contribution in [3.05, 3.63) is 69.7 Å². The molecule has 0 saturated carbocycles. The van der Waals surface area contributed by atoms with Gasteiger partial charge in [0, 0.05) is 11.6 Å². The fourth-order valence-corrected chi connectivity index (χ4v) is 4.03. The van der Waals surface area contributed by atoms with Gasteiger partial charge in [0.1, 0.15) is 6.04 Å². The fourth-order valence-electron chi connectivity index (χ4n) is 3.81. The van der Waals surface area contributed by atoms with Crippen LogP contribution in [0.15, 0.2) is 42.5 Å². The van der Waals surface area contributed by atoms with Crippen LogP contribution in [0.4, 0.5) is 26.3 Å². The molecule has 0 aliphatic carbocycles. The number of carboxylic acids is 1. The van der Waals surface area contributed by atoms with Crippen LogP contribution in [0.2, 0.25) is 5.02 Å². The van der Waals surface area contributed by atoms with Gasteiger partial charge in [-0.05, 0) is 48.2 Å². The Hall–Kier alpha value is -2.26. The molecule has 10 heteroatoms. The molecule has 1 heterocycles. The van der Waals surface area contributed by atoms with E-state index in [2.05, 4.69) is 0 Å². The van der Waals surface area contributed by atoms with Crippen molar-refractivity contribution in [2.45, 2.75) is 37.3 Å². The van der Waals surface area contributed by atoms with Crippen LogP contribution in [0.3, 0.4) is 0 Å². The van der Waals surface area contributed by atoms with Crippen LogP contribution in [0.5, 0.6) is 0 Å². The average molecular weight is 452 g/mol. The van der Waals surface area contributed by atoms with Gasteiger partial charge < -0.3 is 5.11 Å².